The Balaban J connectivity index is 2.29. The van der Waals surface area contributed by atoms with E-state index in [1.807, 2.05) is 11.8 Å². The second-order valence-electron chi connectivity index (χ2n) is 3.94. The van der Waals surface area contributed by atoms with Gasteiger partial charge in [-0.25, -0.2) is 9.97 Å². The quantitative estimate of drug-likeness (QED) is 0.834. The fraction of sp³-hybridized carbons (Fsp3) is 0.636. The summed E-state index contributed by atoms with van der Waals surface area (Å²) in [4.78, 5) is 9.10. The molecule has 0 saturated carbocycles. The third kappa shape index (κ3) is 2.61. The summed E-state index contributed by atoms with van der Waals surface area (Å²) in [5.74, 6) is 2.81. The molecule has 0 aromatic carbocycles. The summed E-state index contributed by atoms with van der Waals surface area (Å²) < 4.78 is 1.02. The van der Waals surface area contributed by atoms with Gasteiger partial charge in [0.1, 0.15) is 11.6 Å². The summed E-state index contributed by atoms with van der Waals surface area (Å²) >= 11 is 4.20. The van der Waals surface area contributed by atoms with Crippen LogP contribution in [0.1, 0.15) is 43.0 Å². The van der Waals surface area contributed by atoms with E-state index in [4.69, 9.17) is 5.73 Å². The van der Waals surface area contributed by atoms with E-state index in [1.165, 1.54) is 25.0 Å². The van der Waals surface area contributed by atoms with Crippen LogP contribution in [0.5, 0.6) is 0 Å². The average Bonchev–Trinajstić information content (AvgIpc) is 2.33. The van der Waals surface area contributed by atoms with Crippen molar-refractivity contribution in [3.63, 3.8) is 0 Å². The van der Waals surface area contributed by atoms with Crippen molar-refractivity contribution in [3.05, 3.63) is 15.1 Å². The van der Waals surface area contributed by atoms with Gasteiger partial charge < -0.3 is 5.73 Å². The van der Waals surface area contributed by atoms with Gasteiger partial charge in [-0.3, -0.25) is 0 Å². The van der Waals surface area contributed by atoms with Crippen LogP contribution >= 0.6 is 34.4 Å². The maximum Gasteiger partial charge on any atom is 0.144 e. The van der Waals surface area contributed by atoms with Crippen LogP contribution in [-0.2, 0) is 6.42 Å². The van der Waals surface area contributed by atoms with E-state index in [1.54, 1.807) is 0 Å². The number of rotatable bonds is 2. The monoisotopic (exact) mass is 349 g/mol. The molecule has 1 aromatic rings. The van der Waals surface area contributed by atoms with Gasteiger partial charge in [-0.05, 0) is 47.6 Å². The van der Waals surface area contributed by atoms with Gasteiger partial charge in [0.15, 0.2) is 0 Å². The minimum absolute atomic E-state index is 0.457. The molecule has 1 atom stereocenters. The van der Waals surface area contributed by atoms with Crippen molar-refractivity contribution >= 4 is 40.2 Å². The van der Waals surface area contributed by atoms with Crippen LogP contribution in [-0.4, -0.2) is 15.7 Å². The minimum Gasteiger partial charge on any atom is -0.383 e. The summed E-state index contributed by atoms with van der Waals surface area (Å²) in [6.45, 7) is 2.11. The molecule has 5 heteroatoms. The zero-order chi connectivity index (χ0) is 11.5. The fourth-order valence-corrected chi connectivity index (χ4v) is 3.72. The molecule has 2 N–H and O–H groups in total. The van der Waals surface area contributed by atoms with Gasteiger partial charge in [-0.15, -0.1) is 0 Å². The van der Waals surface area contributed by atoms with Crippen LogP contribution in [0.4, 0.5) is 5.82 Å². The smallest absolute Gasteiger partial charge is 0.144 e. The fourth-order valence-electron chi connectivity index (χ4n) is 1.86. The molecular weight excluding hydrogens is 333 g/mol. The van der Waals surface area contributed by atoms with E-state index in [0.29, 0.717) is 11.1 Å². The molecule has 0 radical (unpaired) electrons. The lowest BCUT2D eigenvalue weighted by molar-refractivity contribution is 0.659. The molecule has 0 amide bonds. The predicted octanol–water partition coefficient (Wildman–Crippen LogP) is 3.18. The summed E-state index contributed by atoms with van der Waals surface area (Å²) in [7, 11) is 0. The van der Waals surface area contributed by atoms with E-state index in [2.05, 4.69) is 39.5 Å². The van der Waals surface area contributed by atoms with Crippen molar-refractivity contribution in [1.29, 1.82) is 0 Å². The number of anilines is 1. The van der Waals surface area contributed by atoms with Gasteiger partial charge in [-0.1, -0.05) is 13.3 Å². The molecule has 3 nitrogen and oxygen atoms in total. The summed E-state index contributed by atoms with van der Waals surface area (Å²) in [6.07, 6.45) is 4.72. The number of nitrogens with zero attached hydrogens (tertiary/aromatic N) is 2. The molecule has 0 aliphatic carbocycles. The van der Waals surface area contributed by atoms with Gasteiger partial charge in [0, 0.05) is 0 Å². The second kappa shape index (κ2) is 5.53. The van der Waals surface area contributed by atoms with Crippen LogP contribution in [0, 0.1) is 3.57 Å². The van der Waals surface area contributed by atoms with Crippen molar-refractivity contribution in [2.45, 2.75) is 37.9 Å². The van der Waals surface area contributed by atoms with E-state index in [-0.39, 0.29) is 0 Å². The molecule has 1 aliphatic heterocycles. The Hall–Kier alpha value is -0.0400. The molecule has 2 heterocycles. The lowest BCUT2D eigenvalue weighted by Crippen LogP contribution is -2.11. The maximum atomic E-state index is 5.94. The third-order valence-electron chi connectivity index (χ3n) is 2.77. The highest BCUT2D eigenvalue weighted by Crippen LogP contribution is 2.37. The zero-order valence-electron chi connectivity index (χ0n) is 9.37. The molecule has 16 heavy (non-hydrogen) atoms. The number of nitrogen functional groups attached to an aromatic ring is 1. The average molecular weight is 349 g/mol. The molecule has 1 aliphatic rings. The van der Waals surface area contributed by atoms with E-state index >= 15 is 0 Å². The molecule has 0 spiro atoms. The summed E-state index contributed by atoms with van der Waals surface area (Å²) in [5.41, 5.74) is 7.03. The van der Waals surface area contributed by atoms with Crippen LogP contribution in [0.2, 0.25) is 0 Å². The second-order valence-corrected chi connectivity index (χ2v) is 6.33. The highest BCUT2D eigenvalue weighted by atomic mass is 127. The number of nitrogens with two attached hydrogens (primary N) is 1. The molecule has 1 unspecified atom stereocenters. The first-order valence-electron chi connectivity index (χ1n) is 5.65. The number of aryl methyl sites for hydroxylation is 1. The number of aromatic nitrogens is 2. The van der Waals surface area contributed by atoms with Crippen molar-refractivity contribution in [2.24, 2.45) is 0 Å². The van der Waals surface area contributed by atoms with Gasteiger partial charge in [0.25, 0.3) is 0 Å². The van der Waals surface area contributed by atoms with Crippen LogP contribution in [0.25, 0.3) is 0 Å². The molecule has 88 valence electrons. The Morgan fingerprint density at radius 1 is 1.44 bits per heavy atom. The van der Waals surface area contributed by atoms with Crippen LogP contribution in [0.3, 0.4) is 0 Å². The molecule has 2 rings (SSSR count). The summed E-state index contributed by atoms with van der Waals surface area (Å²) in [6, 6.07) is 0. The lowest BCUT2D eigenvalue weighted by atomic mass is 10.1. The Labute approximate surface area is 114 Å². The van der Waals surface area contributed by atoms with E-state index in [0.717, 1.165) is 21.5 Å². The highest BCUT2D eigenvalue weighted by Gasteiger charge is 2.20. The number of hydrogen-bond donors (Lipinski definition) is 1. The normalized spacial score (nSPS) is 21.0. The molecule has 1 aromatic heterocycles. The first-order valence-corrected chi connectivity index (χ1v) is 7.78. The van der Waals surface area contributed by atoms with Crippen molar-refractivity contribution in [2.75, 3.05) is 11.5 Å². The largest absolute Gasteiger partial charge is 0.383 e. The Morgan fingerprint density at radius 2 is 2.25 bits per heavy atom. The van der Waals surface area contributed by atoms with E-state index in [9.17, 15) is 0 Å². The van der Waals surface area contributed by atoms with Crippen molar-refractivity contribution in [3.8, 4) is 0 Å². The maximum absolute atomic E-state index is 5.94. The minimum atomic E-state index is 0.457. The van der Waals surface area contributed by atoms with Crippen molar-refractivity contribution < 1.29 is 0 Å². The van der Waals surface area contributed by atoms with Gasteiger partial charge in [0.2, 0.25) is 0 Å². The predicted molar refractivity (Wildman–Crippen MR) is 77.6 cm³/mol. The Kier molecular flexibility index (Phi) is 4.29. The number of hydrogen-bond acceptors (Lipinski definition) is 4. The van der Waals surface area contributed by atoms with Crippen LogP contribution < -0.4 is 5.73 Å². The zero-order valence-corrected chi connectivity index (χ0v) is 12.3. The first-order chi connectivity index (χ1) is 7.72. The molecule has 0 bridgehead atoms. The molecule has 1 saturated heterocycles. The topological polar surface area (TPSA) is 51.8 Å². The van der Waals surface area contributed by atoms with E-state index < -0.39 is 0 Å². The Morgan fingerprint density at radius 3 is 2.88 bits per heavy atom. The van der Waals surface area contributed by atoms with Gasteiger partial charge in [-0.2, -0.15) is 11.8 Å². The SMILES string of the molecule is CCc1nc(C2CCCCS2)nc(N)c1I. The van der Waals surface area contributed by atoms with Gasteiger partial charge >= 0.3 is 0 Å². The first kappa shape index (κ1) is 12.4. The van der Waals surface area contributed by atoms with Gasteiger partial charge in [0.05, 0.1) is 14.5 Å². The lowest BCUT2D eigenvalue weighted by Gasteiger charge is -2.20. The molecule has 1 fully saturated rings. The molecular formula is C11H16IN3S. The number of thioether (sulfide) groups is 1. The standard InChI is InChI=1S/C11H16IN3S/c1-2-7-9(12)10(13)15-11(14-7)8-5-3-4-6-16-8/h8H,2-6H2,1H3,(H2,13,14,15). The number of halogens is 1. The highest BCUT2D eigenvalue weighted by molar-refractivity contribution is 14.1. The Bertz CT molecular complexity index is 378. The van der Waals surface area contributed by atoms with Crippen molar-refractivity contribution in [1.82, 2.24) is 9.97 Å². The van der Waals surface area contributed by atoms with Crippen LogP contribution in [0.15, 0.2) is 0 Å². The third-order valence-corrected chi connectivity index (χ3v) is 5.31. The summed E-state index contributed by atoms with van der Waals surface area (Å²) in [5, 5.41) is 0.457.